The third kappa shape index (κ3) is 2.79. The molecule has 0 aliphatic heterocycles. The standard InChI is InChI=1S/C14H16N2O4/c1-14(2,3)12-15-20-13(19)16(12)8-9-5-4-6-10(7-9)11(17)18/h4-7H,8H2,1-3H3,(H,17,18). The second-order valence-electron chi connectivity index (χ2n) is 5.61. The zero-order chi connectivity index (χ0) is 14.9. The van der Waals surface area contributed by atoms with Crippen molar-refractivity contribution in [1.29, 1.82) is 0 Å². The monoisotopic (exact) mass is 276 g/mol. The van der Waals surface area contributed by atoms with Crippen LogP contribution >= 0.6 is 0 Å². The molecule has 0 aliphatic rings. The SMILES string of the molecule is CC(C)(C)c1noc(=O)n1Cc1cccc(C(=O)O)c1. The van der Waals surface area contributed by atoms with Crippen LogP contribution in [0.3, 0.4) is 0 Å². The molecule has 20 heavy (non-hydrogen) atoms. The Morgan fingerprint density at radius 1 is 1.40 bits per heavy atom. The average molecular weight is 276 g/mol. The molecule has 2 rings (SSSR count). The molecule has 1 aromatic carbocycles. The van der Waals surface area contributed by atoms with E-state index in [4.69, 9.17) is 9.63 Å². The first-order chi connectivity index (χ1) is 9.29. The molecule has 1 heterocycles. The van der Waals surface area contributed by atoms with Gasteiger partial charge in [0.1, 0.15) is 0 Å². The molecule has 0 fully saturated rings. The van der Waals surface area contributed by atoms with Crippen LogP contribution in [0.1, 0.15) is 42.5 Å². The highest BCUT2D eigenvalue weighted by molar-refractivity contribution is 5.87. The number of benzene rings is 1. The molecule has 106 valence electrons. The maximum absolute atomic E-state index is 11.7. The smallest absolute Gasteiger partial charge is 0.441 e. The fourth-order valence-electron chi connectivity index (χ4n) is 1.93. The maximum Gasteiger partial charge on any atom is 0.441 e. The van der Waals surface area contributed by atoms with E-state index >= 15 is 0 Å². The second-order valence-corrected chi connectivity index (χ2v) is 5.61. The lowest BCUT2D eigenvalue weighted by Crippen LogP contribution is -2.25. The Kier molecular flexibility index (Phi) is 3.48. The highest BCUT2D eigenvalue weighted by Gasteiger charge is 2.24. The summed E-state index contributed by atoms with van der Waals surface area (Å²) in [7, 11) is 0. The van der Waals surface area contributed by atoms with Crippen molar-refractivity contribution in [2.24, 2.45) is 0 Å². The van der Waals surface area contributed by atoms with E-state index in [-0.39, 0.29) is 17.5 Å². The number of aromatic nitrogens is 2. The fraction of sp³-hybridized carbons (Fsp3) is 0.357. The Balaban J connectivity index is 2.40. The second kappa shape index (κ2) is 4.96. The van der Waals surface area contributed by atoms with Gasteiger partial charge in [-0.2, -0.15) is 0 Å². The first kappa shape index (κ1) is 14.0. The van der Waals surface area contributed by atoms with E-state index in [2.05, 4.69) is 5.16 Å². The van der Waals surface area contributed by atoms with Crippen molar-refractivity contribution >= 4 is 5.97 Å². The predicted octanol–water partition coefficient (Wildman–Crippen LogP) is 1.88. The van der Waals surface area contributed by atoms with Crippen LogP contribution in [0.15, 0.2) is 33.6 Å². The number of rotatable bonds is 3. The van der Waals surface area contributed by atoms with Crippen LogP contribution < -0.4 is 5.76 Å². The molecule has 2 aromatic rings. The van der Waals surface area contributed by atoms with E-state index in [1.54, 1.807) is 12.1 Å². The van der Waals surface area contributed by atoms with Gasteiger partial charge in [-0.25, -0.2) is 9.59 Å². The summed E-state index contributed by atoms with van der Waals surface area (Å²) in [6, 6.07) is 6.45. The Bertz CT molecular complexity index is 692. The molecule has 0 radical (unpaired) electrons. The van der Waals surface area contributed by atoms with E-state index in [0.717, 1.165) is 0 Å². The lowest BCUT2D eigenvalue weighted by atomic mass is 9.95. The summed E-state index contributed by atoms with van der Waals surface area (Å²) in [6.07, 6.45) is 0. The summed E-state index contributed by atoms with van der Waals surface area (Å²) < 4.78 is 6.13. The van der Waals surface area contributed by atoms with Crippen LogP contribution in [0.25, 0.3) is 0 Å². The zero-order valence-corrected chi connectivity index (χ0v) is 11.6. The van der Waals surface area contributed by atoms with E-state index in [9.17, 15) is 9.59 Å². The van der Waals surface area contributed by atoms with Gasteiger partial charge >= 0.3 is 11.7 Å². The first-order valence-corrected chi connectivity index (χ1v) is 6.18. The molecule has 0 spiro atoms. The maximum atomic E-state index is 11.7. The minimum atomic E-state index is -0.999. The molecule has 0 unspecified atom stereocenters. The highest BCUT2D eigenvalue weighted by atomic mass is 16.5. The van der Waals surface area contributed by atoms with Gasteiger partial charge in [-0.15, -0.1) is 0 Å². The Morgan fingerprint density at radius 2 is 2.10 bits per heavy atom. The molecule has 1 aromatic heterocycles. The molecular formula is C14H16N2O4. The third-order valence-electron chi connectivity index (χ3n) is 2.87. The Labute approximate surface area is 115 Å². The van der Waals surface area contributed by atoms with Gasteiger partial charge < -0.3 is 5.11 Å². The van der Waals surface area contributed by atoms with Crippen molar-refractivity contribution in [2.75, 3.05) is 0 Å². The van der Waals surface area contributed by atoms with Gasteiger partial charge in [0.25, 0.3) is 0 Å². The van der Waals surface area contributed by atoms with Gasteiger partial charge in [0.15, 0.2) is 5.82 Å². The lowest BCUT2D eigenvalue weighted by molar-refractivity contribution is 0.0696. The van der Waals surface area contributed by atoms with E-state index in [1.807, 2.05) is 20.8 Å². The van der Waals surface area contributed by atoms with Crippen LogP contribution in [0.4, 0.5) is 0 Å². The fourth-order valence-corrected chi connectivity index (χ4v) is 1.93. The quantitative estimate of drug-likeness (QED) is 0.925. The van der Waals surface area contributed by atoms with Gasteiger partial charge in [-0.05, 0) is 17.7 Å². The summed E-state index contributed by atoms with van der Waals surface area (Å²) in [5, 5.41) is 12.8. The summed E-state index contributed by atoms with van der Waals surface area (Å²) in [5.41, 5.74) is 0.557. The number of carboxylic acids is 1. The van der Waals surface area contributed by atoms with E-state index in [0.29, 0.717) is 11.4 Å². The molecule has 0 saturated carbocycles. The molecule has 0 saturated heterocycles. The summed E-state index contributed by atoms with van der Waals surface area (Å²) >= 11 is 0. The highest BCUT2D eigenvalue weighted by Crippen LogP contribution is 2.19. The van der Waals surface area contributed by atoms with Crippen LogP contribution in [-0.2, 0) is 12.0 Å². The summed E-state index contributed by atoms with van der Waals surface area (Å²) in [5.74, 6) is -1.01. The van der Waals surface area contributed by atoms with Crippen LogP contribution in [0.5, 0.6) is 0 Å². The number of carbonyl (C=O) groups is 1. The number of hydrogen-bond acceptors (Lipinski definition) is 4. The predicted molar refractivity (Wildman–Crippen MR) is 72.0 cm³/mol. The topological polar surface area (TPSA) is 85.3 Å². The van der Waals surface area contributed by atoms with E-state index < -0.39 is 11.7 Å². The van der Waals surface area contributed by atoms with E-state index in [1.165, 1.54) is 16.7 Å². The average Bonchev–Trinajstić information content (AvgIpc) is 2.71. The number of hydrogen-bond donors (Lipinski definition) is 1. The third-order valence-corrected chi connectivity index (χ3v) is 2.87. The molecule has 0 bridgehead atoms. The van der Waals surface area contributed by atoms with Gasteiger partial charge in [0, 0.05) is 5.41 Å². The van der Waals surface area contributed by atoms with Crippen molar-refractivity contribution in [3.63, 3.8) is 0 Å². The largest absolute Gasteiger partial charge is 0.478 e. The zero-order valence-electron chi connectivity index (χ0n) is 11.6. The van der Waals surface area contributed by atoms with Gasteiger partial charge in [0.2, 0.25) is 0 Å². The van der Waals surface area contributed by atoms with Gasteiger partial charge in [-0.1, -0.05) is 38.1 Å². The molecule has 6 nitrogen and oxygen atoms in total. The van der Waals surface area contributed by atoms with Crippen molar-refractivity contribution in [3.05, 3.63) is 51.8 Å². The number of aromatic carboxylic acids is 1. The minimum absolute atomic E-state index is 0.185. The number of carboxylic acid groups (broad SMARTS) is 1. The van der Waals surface area contributed by atoms with Crippen molar-refractivity contribution < 1.29 is 14.4 Å². The molecule has 0 amide bonds. The lowest BCUT2D eigenvalue weighted by Gasteiger charge is -2.17. The molecular weight excluding hydrogens is 260 g/mol. The minimum Gasteiger partial charge on any atom is -0.478 e. The van der Waals surface area contributed by atoms with Crippen LogP contribution in [-0.4, -0.2) is 20.8 Å². The van der Waals surface area contributed by atoms with Crippen LogP contribution in [0.2, 0.25) is 0 Å². The molecule has 0 atom stereocenters. The van der Waals surface area contributed by atoms with Crippen molar-refractivity contribution in [1.82, 2.24) is 9.72 Å². The van der Waals surface area contributed by atoms with Crippen LogP contribution in [0, 0.1) is 0 Å². The normalized spacial score (nSPS) is 11.6. The summed E-state index contributed by atoms with van der Waals surface area (Å²) in [4.78, 5) is 22.7. The molecule has 1 N–H and O–H groups in total. The van der Waals surface area contributed by atoms with Crippen molar-refractivity contribution in [3.8, 4) is 0 Å². The van der Waals surface area contributed by atoms with Gasteiger partial charge in [0.05, 0.1) is 12.1 Å². The summed E-state index contributed by atoms with van der Waals surface area (Å²) in [6.45, 7) is 6.01. The molecule has 6 heteroatoms. The first-order valence-electron chi connectivity index (χ1n) is 6.18. The number of nitrogens with zero attached hydrogens (tertiary/aromatic N) is 2. The Hall–Kier alpha value is -2.37. The molecule has 0 aliphatic carbocycles. The van der Waals surface area contributed by atoms with Gasteiger partial charge in [-0.3, -0.25) is 9.09 Å². The van der Waals surface area contributed by atoms with Crippen molar-refractivity contribution in [2.45, 2.75) is 32.7 Å². The Morgan fingerprint density at radius 3 is 2.70 bits per heavy atom.